The highest BCUT2D eigenvalue weighted by atomic mass is 31.2. The zero-order chi connectivity index (χ0) is 29.4. The molecule has 0 aromatic heterocycles. The summed E-state index contributed by atoms with van der Waals surface area (Å²) in [5, 5.41) is 5.70. The second-order valence-electron chi connectivity index (χ2n) is 10.1. The van der Waals surface area contributed by atoms with Crippen LogP contribution in [0.5, 0.6) is 0 Å². The van der Waals surface area contributed by atoms with Crippen molar-refractivity contribution in [3.05, 3.63) is 59.7 Å². The van der Waals surface area contributed by atoms with Gasteiger partial charge in [-0.05, 0) is 61.1 Å². The summed E-state index contributed by atoms with van der Waals surface area (Å²) in [6, 6.07) is 14.0. The van der Waals surface area contributed by atoms with Crippen LogP contribution in [0.15, 0.2) is 48.5 Å². The van der Waals surface area contributed by atoms with Crippen molar-refractivity contribution in [1.82, 2.24) is 0 Å². The van der Waals surface area contributed by atoms with E-state index in [4.69, 9.17) is 19.6 Å². The highest BCUT2D eigenvalue weighted by Crippen LogP contribution is 2.35. The number of carbonyl (C=O) groups excluding carboxylic acids is 2. The van der Waals surface area contributed by atoms with Crippen molar-refractivity contribution in [2.75, 3.05) is 23.0 Å². The molecule has 0 heterocycles. The van der Waals surface area contributed by atoms with E-state index in [9.17, 15) is 18.7 Å². The second-order valence-corrected chi connectivity index (χ2v) is 13.6. The lowest BCUT2D eigenvalue weighted by atomic mass is 10.1. The zero-order valence-corrected chi connectivity index (χ0v) is 24.6. The number of unbranched alkanes of at least 4 members (excludes halogenated alkanes) is 7. The van der Waals surface area contributed by atoms with Crippen LogP contribution < -0.4 is 10.6 Å². The predicted octanol–water partition coefficient (Wildman–Crippen LogP) is 5.61. The summed E-state index contributed by atoms with van der Waals surface area (Å²) in [4.78, 5) is 60.1. The van der Waals surface area contributed by atoms with Gasteiger partial charge in [-0.3, -0.25) is 18.7 Å². The molecule has 2 amide bonds. The van der Waals surface area contributed by atoms with E-state index in [0.717, 1.165) is 62.5 Å². The van der Waals surface area contributed by atoms with Crippen molar-refractivity contribution in [1.29, 1.82) is 0 Å². The quantitative estimate of drug-likeness (QED) is 0.0897. The van der Waals surface area contributed by atoms with Gasteiger partial charge in [0.15, 0.2) is 0 Å². The van der Waals surface area contributed by atoms with E-state index in [1.165, 1.54) is 0 Å². The average Bonchev–Trinajstić information content (AvgIpc) is 2.88. The summed E-state index contributed by atoms with van der Waals surface area (Å²) in [5.41, 5.74) is 2.97. The van der Waals surface area contributed by atoms with Crippen LogP contribution in [0.1, 0.15) is 75.3 Å². The Morgan fingerprint density at radius 2 is 0.825 bits per heavy atom. The van der Waals surface area contributed by atoms with Crippen LogP contribution in [-0.4, -0.2) is 43.7 Å². The molecule has 10 nitrogen and oxygen atoms in total. The van der Waals surface area contributed by atoms with Crippen LogP contribution in [0.25, 0.3) is 0 Å². The van der Waals surface area contributed by atoms with Gasteiger partial charge in [0.05, 0.1) is 12.3 Å². The van der Waals surface area contributed by atoms with Gasteiger partial charge >= 0.3 is 15.2 Å². The van der Waals surface area contributed by atoms with Crippen molar-refractivity contribution in [3.63, 3.8) is 0 Å². The minimum Gasteiger partial charge on any atom is -0.326 e. The van der Waals surface area contributed by atoms with Crippen LogP contribution in [0.4, 0.5) is 11.4 Å². The maximum absolute atomic E-state index is 12.1. The largest absolute Gasteiger partial charge is 0.326 e. The predicted molar refractivity (Wildman–Crippen MR) is 158 cm³/mol. The van der Waals surface area contributed by atoms with E-state index in [-0.39, 0.29) is 37.0 Å². The van der Waals surface area contributed by atoms with Gasteiger partial charge in [-0.2, -0.15) is 0 Å². The summed E-state index contributed by atoms with van der Waals surface area (Å²) in [6.07, 6.45) is 9.00. The minimum absolute atomic E-state index is 0.0444. The monoisotopic (exact) mass is 596 g/mol. The number of amides is 2. The molecular weight excluding hydrogens is 554 g/mol. The molecule has 2 aromatic carbocycles. The van der Waals surface area contributed by atoms with Crippen LogP contribution in [-0.2, 0) is 31.6 Å². The third-order valence-corrected chi connectivity index (χ3v) is 8.03. The topological polar surface area (TPSA) is 173 Å². The van der Waals surface area contributed by atoms with E-state index < -0.39 is 15.2 Å². The molecule has 0 saturated heterocycles. The normalized spacial score (nSPS) is 11.8. The third-order valence-electron chi connectivity index (χ3n) is 6.42. The zero-order valence-electron chi connectivity index (χ0n) is 22.8. The Morgan fingerprint density at radius 1 is 0.525 bits per heavy atom. The lowest BCUT2D eigenvalue weighted by molar-refractivity contribution is -0.117. The number of aryl methyl sites for hydroxylation is 2. The molecule has 0 aliphatic heterocycles. The Balaban J connectivity index is 1.45. The molecule has 6 N–H and O–H groups in total. The van der Waals surface area contributed by atoms with Crippen molar-refractivity contribution in [2.45, 2.75) is 77.0 Å². The standard InChI is InChI=1S/C28H42N2O8P2/c31-27(29-25-15-11-23(12-16-25)19-21-39(33,34)35)9-7-5-3-1-2-4-6-8-10-28(32)30-26-17-13-24(14-18-26)20-22-40(36,37)38/h11-18H,1-10,19-22H2,(H,29,31)(H,30,32)(H2,33,34,35)(H2,36,37,38). The molecule has 12 heteroatoms. The number of benzene rings is 2. The molecule has 0 bridgehead atoms. The molecule has 0 aliphatic carbocycles. The van der Waals surface area contributed by atoms with Gasteiger partial charge in [-0.1, -0.05) is 62.8 Å². The van der Waals surface area contributed by atoms with Gasteiger partial charge in [0.1, 0.15) is 0 Å². The maximum atomic E-state index is 12.1. The first-order valence-corrected chi connectivity index (χ1v) is 17.4. The molecule has 0 aliphatic rings. The minimum atomic E-state index is -4.01. The highest BCUT2D eigenvalue weighted by molar-refractivity contribution is 7.52. The summed E-state index contributed by atoms with van der Waals surface area (Å²) >= 11 is 0. The van der Waals surface area contributed by atoms with E-state index in [1.54, 1.807) is 48.5 Å². The lowest BCUT2D eigenvalue weighted by Gasteiger charge is -2.08. The van der Waals surface area contributed by atoms with Gasteiger partial charge in [-0.15, -0.1) is 0 Å². The number of carbonyl (C=O) groups is 2. The van der Waals surface area contributed by atoms with Crippen LogP contribution in [0.3, 0.4) is 0 Å². The second kappa shape index (κ2) is 17.5. The number of rotatable bonds is 19. The van der Waals surface area contributed by atoms with E-state index >= 15 is 0 Å². The fourth-order valence-electron chi connectivity index (χ4n) is 4.14. The highest BCUT2D eigenvalue weighted by Gasteiger charge is 2.13. The van der Waals surface area contributed by atoms with Crippen LogP contribution in [0, 0.1) is 0 Å². The van der Waals surface area contributed by atoms with Crippen molar-refractivity contribution < 1.29 is 38.3 Å². The molecule has 2 aromatic rings. The molecule has 0 spiro atoms. The summed E-state index contributed by atoms with van der Waals surface area (Å²) in [7, 11) is -8.03. The summed E-state index contributed by atoms with van der Waals surface area (Å²) in [5.74, 6) is -0.0887. The van der Waals surface area contributed by atoms with Gasteiger partial charge < -0.3 is 30.2 Å². The van der Waals surface area contributed by atoms with Gasteiger partial charge in [-0.25, -0.2) is 0 Å². The molecular formula is C28H42N2O8P2. The maximum Gasteiger partial charge on any atom is 0.325 e. The number of nitrogens with one attached hydrogen (secondary N) is 2. The molecule has 2 rings (SSSR count). The van der Waals surface area contributed by atoms with Crippen LogP contribution >= 0.6 is 15.2 Å². The number of hydrogen-bond donors (Lipinski definition) is 6. The number of anilines is 2. The van der Waals surface area contributed by atoms with Crippen molar-refractivity contribution >= 4 is 38.4 Å². The van der Waals surface area contributed by atoms with Crippen molar-refractivity contribution in [2.24, 2.45) is 0 Å². The summed E-state index contributed by atoms with van der Waals surface area (Å²) in [6.45, 7) is 0. The first-order chi connectivity index (χ1) is 18.9. The smallest absolute Gasteiger partial charge is 0.325 e. The van der Waals surface area contributed by atoms with Crippen molar-refractivity contribution in [3.8, 4) is 0 Å². The third kappa shape index (κ3) is 16.7. The van der Waals surface area contributed by atoms with E-state index in [2.05, 4.69) is 10.6 Å². The first kappa shape index (κ1) is 33.9. The Morgan fingerprint density at radius 3 is 1.12 bits per heavy atom. The van der Waals surface area contributed by atoms with Crippen LogP contribution in [0.2, 0.25) is 0 Å². The van der Waals surface area contributed by atoms with Gasteiger partial charge in [0.25, 0.3) is 0 Å². The van der Waals surface area contributed by atoms with E-state index in [1.807, 2.05) is 0 Å². The molecule has 222 valence electrons. The molecule has 0 fully saturated rings. The van der Waals surface area contributed by atoms with Gasteiger partial charge in [0.2, 0.25) is 11.8 Å². The Kier molecular flexibility index (Phi) is 14.8. The molecule has 0 atom stereocenters. The average molecular weight is 597 g/mol. The molecule has 0 radical (unpaired) electrons. The fraction of sp³-hybridized carbons (Fsp3) is 0.500. The number of hydrogen-bond acceptors (Lipinski definition) is 4. The Bertz CT molecular complexity index is 1050. The molecule has 40 heavy (non-hydrogen) atoms. The molecule has 0 unspecified atom stereocenters. The SMILES string of the molecule is O=C(CCCCCCCCCCC(=O)Nc1ccc(CCP(=O)(O)O)cc1)Nc1ccc(CCP(=O)(O)O)cc1. The Hall–Kier alpha value is -2.32. The first-order valence-electron chi connectivity index (χ1n) is 13.8. The van der Waals surface area contributed by atoms with Gasteiger partial charge in [0, 0.05) is 24.2 Å². The summed E-state index contributed by atoms with van der Waals surface area (Å²) < 4.78 is 21.9. The fourth-order valence-corrected chi connectivity index (χ4v) is 5.24. The molecule has 0 saturated carbocycles. The Labute approximate surface area is 236 Å². The van der Waals surface area contributed by atoms with E-state index in [0.29, 0.717) is 24.2 Å². The lowest BCUT2D eigenvalue weighted by Crippen LogP contribution is -2.11.